The van der Waals surface area contributed by atoms with Gasteiger partial charge in [0.25, 0.3) is 0 Å². The number of halogens is 1. The van der Waals surface area contributed by atoms with Crippen molar-refractivity contribution >= 4 is 15.9 Å². The Morgan fingerprint density at radius 3 is 2.71 bits per heavy atom. The summed E-state index contributed by atoms with van der Waals surface area (Å²) in [6.45, 7) is 1.57. The highest BCUT2D eigenvalue weighted by molar-refractivity contribution is 9.08. The third kappa shape index (κ3) is 3.36. The lowest BCUT2D eigenvalue weighted by molar-refractivity contribution is 0.0245. The van der Waals surface area contributed by atoms with Gasteiger partial charge in [0.05, 0.1) is 20.3 Å². The van der Waals surface area contributed by atoms with E-state index in [2.05, 4.69) is 15.9 Å². The first-order chi connectivity index (χ1) is 8.33. The van der Waals surface area contributed by atoms with Crippen molar-refractivity contribution in [2.75, 3.05) is 20.3 Å². The van der Waals surface area contributed by atoms with Crippen LogP contribution in [0.15, 0.2) is 18.2 Å². The van der Waals surface area contributed by atoms with Crippen LogP contribution in [0.2, 0.25) is 0 Å². The van der Waals surface area contributed by atoms with Crippen molar-refractivity contribution in [2.24, 2.45) is 0 Å². The fraction of sp³-hybridized carbons (Fsp3) is 0.538. The van der Waals surface area contributed by atoms with Crippen LogP contribution < -0.4 is 9.47 Å². The van der Waals surface area contributed by atoms with Crippen LogP contribution >= 0.6 is 15.9 Å². The van der Waals surface area contributed by atoms with E-state index >= 15 is 0 Å². The molecule has 1 aliphatic heterocycles. The van der Waals surface area contributed by atoms with Gasteiger partial charge in [-0.05, 0) is 17.7 Å². The van der Waals surface area contributed by atoms with E-state index in [1.54, 1.807) is 7.11 Å². The smallest absolute Gasteiger partial charge is 0.161 e. The number of alkyl halides is 1. The van der Waals surface area contributed by atoms with Crippen molar-refractivity contribution in [3.05, 3.63) is 23.8 Å². The summed E-state index contributed by atoms with van der Waals surface area (Å²) in [7, 11) is 1.67. The van der Waals surface area contributed by atoms with Crippen LogP contribution in [0.25, 0.3) is 0 Å². The Kier molecular flexibility index (Phi) is 4.68. The number of hydrogen-bond donors (Lipinski definition) is 0. The number of rotatable bonds is 4. The molecule has 1 aromatic carbocycles. The Morgan fingerprint density at radius 2 is 2.06 bits per heavy atom. The van der Waals surface area contributed by atoms with Gasteiger partial charge in [-0.1, -0.05) is 22.0 Å². The Labute approximate surface area is 110 Å². The summed E-state index contributed by atoms with van der Waals surface area (Å²) in [5.74, 6) is 1.62. The second kappa shape index (κ2) is 6.26. The van der Waals surface area contributed by atoms with Crippen molar-refractivity contribution < 1.29 is 14.2 Å². The zero-order valence-corrected chi connectivity index (χ0v) is 11.5. The van der Waals surface area contributed by atoms with Gasteiger partial charge in [0.2, 0.25) is 0 Å². The SMILES string of the molecule is COc1cc(CBr)ccc1OC1CCOCC1. The summed E-state index contributed by atoms with van der Waals surface area (Å²) in [5, 5.41) is 0.820. The quantitative estimate of drug-likeness (QED) is 0.800. The van der Waals surface area contributed by atoms with Crippen molar-refractivity contribution in [1.29, 1.82) is 0 Å². The zero-order chi connectivity index (χ0) is 12.1. The lowest BCUT2D eigenvalue weighted by atomic mass is 10.1. The average molecular weight is 301 g/mol. The van der Waals surface area contributed by atoms with Crippen LogP contribution in [-0.2, 0) is 10.1 Å². The highest BCUT2D eigenvalue weighted by atomic mass is 79.9. The molecule has 1 heterocycles. The molecule has 0 aliphatic carbocycles. The van der Waals surface area contributed by atoms with Crippen molar-refractivity contribution in [3.8, 4) is 11.5 Å². The van der Waals surface area contributed by atoms with Crippen molar-refractivity contribution in [3.63, 3.8) is 0 Å². The standard InChI is InChI=1S/C13H17BrO3/c1-15-13-8-10(9-14)2-3-12(13)17-11-4-6-16-7-5-11/h2-3,8,11H,4-7,9H2,1H3. The second-order valence-corrected chi connectivity index (χ2v) is 4.61. The normalized spacial score (nSPS) is 16.8. The summed E-state index contributed by atoms with van der Waals surface area (Å²) in [5.41, 5.74) is 1.18. The summed E-state index contributed by atoms with van der Waals surface area (Å²) < 4.78 is 16.6. The molecule has 1 fully saturated rings. The molecule has 0 N–H and O–H groups in total. The van der Waals surface area contributed by atoms with Crippen LogP contribution in [0.4, 0.5) is 0 Å². The van der Waals surface area contributed by atoms with E-state index in [-0.39, 0.29) is 6.10 Å². The lowest BCUT2D eigenvalue weighted by Crippen LogP contribution is -2.26. The van der Waals surface area contributed by atoms with Gasteiger partial charge >= 0.3 is 0 Å². The van der Waals surface area contributed by atoms with Gasteiger partial charge in [-0.15, -0.1) is 0 Å². The average Bonchev–Trinajstić information content (AvgIpc) is 2.40. The van der Waals surface area contributed by atoms with E-state index in [4.69, 9.17) is 14.2 Å². The predicted octanol–water partition coefficient (Wildman–Crippen LogP) is 3.15. The second-order valence-electron chi connectivity index (χ2n) is 4.05. The Bertz CT molecular complexity index is 362. The molecular weight excluding hydrogens is 284 g/mol. The van der Waals surface area contributed by atoms with E-state index in [1.807, 2.05) is 18.2 Å². The predicted molar refractivity (Wildman–Crippen MR) is 70.1 cm³/mol. The minimum Gasteiger partial charge on any atom is -0.493 e. The van der Waals surface area contributed by atoms with Gasteiger partial charge in [0, 0.05) is 18.2 Å². The Balaban J connectivity index is 2.08. The van der Waals surface area contributed by atoms with Gasteiger partial charge in [-0.25, -0.2) is 0 Å². The third-order valence-corrected chi connectivity index (χ3v) is 3.49. The molecule has 0 radical (unpaired) electrons. The Morgan fingerprint density at radius 1 is 1.29 bits per heavy atom. The van der Waals surface area contributed by atoms with E-state index < -0.39 is 0 Å². The van der Waals surface area contributed by atoms with E-state index in [9.17, 15) is 0 Å². The van der Waals surface area contributed by atoms with E-state index in [0.29, 0.717) is 0 Å². The topological polar surface area (TPSA) is 27.7 Å². The van der Waals surface area contributed by atoms with Crippen LogP contribution in [0.5, 0.6) is 11.5 Å². The molecule has 2 rings (SSSR count). The number of methoxy groups -OCH3 is 1. The minimum atomic E-state index is 0.243. The molecule has 0 amide bonds. The lowest BCUT2D eigenvalue weighted by Gasteiger charge is -2.24. The highest BCUT2D eigenvalue weighted by Crippen LogP contribution is 2.31. The molecule has 94 valence electrons. The third-order valence-electron chi connectivity index (χ3n) is 2.84. The van der Waals surface area contributed by atoms with Crippen LogP contribution in [-0.4, -0.2) is 26.4 Å². The molecular formula is C13H17BrO3. The van der Waals surface area contributed by atoms with Gasteiger partial charge in [0.1, 0.15) is 6.10 Å². The minimum absolute atomic E-state index is 0.243. The van der Waals surface area contributed by atoms with E-state index in [0.717, 1.165) is 42.9 Å². The first kappa shape index (κ1) is 12.7. The molecule has 0 atom stereocenters. The van der Waals surface area contributed by atoms with Gasteiger partial charge < -0.3 is 14.2 Å². The van der Waals surface area contributed by atoms with Gasteiger partial charge in [-0.3, -0.25) is 0 Å². The molecule has 1 aliphatic rings. The summed E-state index contributed by atoms with van der Waals surface area (Å²) in [6.07, 6.45) is 2.14. The van der Waals surface area contributed by atoms with Gasteiger partial charge in [-0.2, -0.15) is 0 Å². The Hall–Kier alpha value is -0.740. The molecule has 0 bridgehead atoms. The number of benzene rings is 1. The molecule has 1 aromatic rings. The number of hydrogen-bond acceptors (Lipinski definition) is 3. The highest BCUT2D eigenvalue weighted by Gasteiger charge is 2.17. The van der Waals surface area contributed by atoms with Crippen LogP contribution in [0.1, 0.15) is 18.4 Å². The summed E-state index contributed by atoms with van der Waals surface area (Å²) in [6, 6.07) is 6.03. The van der Waals surface area contributed by atoms with Crippen molar-refractivity contribution in [2.45, 2.75) is 24.3 Å². The van der Waals surface area contributed by atoms with Crippen LogP contribution in [0.3, 0.4) is 0 Å². The molecule has 0 aromatic heterocycles. The monoisotopic (exact) mass is 300 g/mol. The van der Waals surface area contributed by atoms with Crippen molar-refractivity contribution in [1.82, 2.24) is 0 Å². The van der Waals surface area contributed by atoms with Crippen LogP contribution in [0, 0.1) is 0 Å². The molecule has 3 nitrogen and oxygen atoms in total. The summed E-state index contributed by atoms with van der Waals surface area (Å²) >= 11 is 3.43. The maximum absolute atomic E-state index is 5.96. The maximum Gasteiger partial charge on any atom is 0.161 e. The number of ether oxygens (including phenoxy) is 3. The molecule has 0 saturated carbocycles. The molecule has 1 saturated heterocycles. The van der Waals surface area contributed by atoms with Gasteiger partial charge in [0.15, 0.2) is 11.5 Å². The van der Waals surface area contributed by atoms with E-state index in [1.165, 1.54) is 5.56 Å². The first-order valence-corrected chi connectivity index (χ1v) is 6.93. The molecule has 17 heavy (non-hydrogen) atoms. The maximum atomic E-state index is 5.96. The first-order valence-electron chi connectivity index (χ1n) is 5.80. The largest absolute Gasteiger partial charge is 0.493 e. The fourth-order valence-electron chi connectivity index (χ4n) is 1.87. The molecule has 4 heteroatoms. The summed E-state index contributed by atoms with van der Waals surface area (Å²) in [4.78, 5) is 0. The zero-order valence-electron chi connectivity index (χ0n) is 9.95. The molecule has 0 unspecified atom stereocenters. The molecule has 0 spiro atoms. The fourth-order valence-corrected chi connectivity index (χ4v) is 2.21.